The quantitative estimate of drug-likeness (QED) is 0.461. The highest BCUT2D eigenvalue weighted by Gasteiger charge is 2.30. The summed E-state index contributed by atoms with van der Waals surface area (Å²) in [5, 5.41) is 0. The number of nitrogens with zero attached hydrogens (tertiary/aromatic N) is 1. The molecule has 164 valence electrons. The Labute approximate surface area is 189 Å². The summed E-state index contributed by atoms with van der Waals surface area (Å²) in [6, 6.07) is 21.8. The van der Waals surface area contributed by atoms with E-state index in [0.29, 0.717) is 6.54 Å². The third-order valence-electron chi connectivity index (χ3n) is 5.76. The molecule has 1 aliphatic heterocycles. The van der Waals surface area contributed by atoms with E-state index in [1.165, 1.54) is 0 Å². The van der Waals surface area contributed by atoms with Gasteiger partial charge in [0.1, 0.15) is 5.60 Å². The Balaban J connectivity index is 1.76. The number of rotatable bonds is 4. The van der Waals surface area contributed by atoms with Crippen molar-refractivity contribution in [2.45, 2.75) is 52.7 Å². The van der Waals surface area contributed by atoms with Crippen molar-refractivity contribution >= 4 is 17.6 Å². The monoisotopic (exact) mass is 427 g/mol. The maximum Gasteiger partial charge on any atom is 0.313 e. The van der Waals surface area contributed by atoms with E-state index < -0.39 is 11.5 Å². The van der Waals surface area contributed by atoms with Gasteiger partial charge in [0.05, 0.1) is 12.5 Å². The zero-order valence-corrected chi connectivity index (χ0v) is 19.3. The molecule has 3 aromatic carbocycles. The molecule has 1 atom stereocenters. The molecular weight excluding hydrogens is 398 g/mol. The van der Waals surface area contributed by atoms with Crippen molar-refractivity contribution in [2.75, 3.05) is 4.90 Å². The second kappa shape index (κ2) is 8.27. The number of benzene rings is 3. The lowest BCUT2D eigenvalue weighted by Crippen LogP contribution is -2.27. The molecule has 0 saturated heterocycles. The van der Waals surface area contributed by atoms with Gasteiger partial charge in [0.25, 0.3) is 5.91 Å². The normalized spacial score (nSPS) is 14.3. The van der Waals surface area contributed by atoms with E-state index in [4.69, 9.17) is 4.74 Å². The van der Waals surface area contributed by atoms with Crippen LogP contribution in [0.4, 0.5) is 5.69 Å². The van der Waals surface area contributed by atoms with E-state index in [-0.39, 0.29) is 11.9 Å². The minimum Gasteiger partial charge on any atom is -0.460 e. The van der Waals surface area contributed by atoms with Gasteiger partial charge in [-0.2, -0.15) is 0 Å². The average molecular weight is 428 g/mol. The lowest BCUT2D eigenvalue weighted by molar-refractivity contribution is -0.156. The molecule has 1 aliphatic rings. The number of carbonyl (C=O) groups is 2. The minimum absolute atomic E-state index is 0.00315. The van der Waals surface area contributed by atoms with Gasteiger partial charge in [-0.1, -0.05) is 54.1 Å². The highest BCUT2D eigenvalue weighted by Crippen LogP contribution is 2.36. The van der Waals surface area contributed by atoms with Gasteiger partial charge < -0.3 is 9.64 Å². The van der Waals surface area contributed by atoms with Gasteiger partial charge in [0.15, 0.2) is 0 Å². The summed E-state index contributed by atoms with van der Waals surface area (Å²) < 4.78 is 5.65. The lowest BCUT2D eigenvalue weighted by atomic mass is 9.90. The first-order valence-corrected chi connectivity index (χ1v) is 11.0. The maximum atomic E-state index is 13.0. The SMILES string of the molecule is Cc1ccc(-c2cc(N3Cc4ccccc4C3=O)ccc2C(C)C(=O)OC(C)(C)C)cc1. The number of amides is 1. The Kier molecular flexibility index (Phi) is 5.64. The Morgan fingerprint density at radius 3 is 2.31 bits per heavy atom. The molecule has 4 heteroatoms. The summed E-state index contributed by atoms with van der Waals surface area (Å²) in [5.41, 5.74) is 6.03. The fourth-order valence-corrected chi connectivity index (χ4v) is 4.05. The van der Waals surface area contributed by atoms with Crippen LogP contribution in [-0.2, 0) is 16.1 Å². The highest BCUT2D eigenvalue weighted by atomic mass is 16.6. The number of hydrogen-bond donors (Lipinski definition) is 0. The lowest BCUT2D eigenvalue weighted by Gasteiger charge is -2.25. The Bertz CT molecular complexity index is 1170. The van der Waals surface area contributed by atoms with E-state index in [0.717, 1.165) is 39.1 Å². The van der Waals surface area contributed by atoms with Gasteiger partial charge >= 0.3 is 5.97 Å². The van der Waals surface area contributed by atoms with Crippen LogP contribution in [0.5, 0.6) is 0 Å². The van der Waals surface area contributed by atoms with Gasteiger partial charge in [0, 0.05) is 11.3 Å². The van der Waals surface area contributed by atoms with Crippen molar-refractivity contribution < 1.29 is 14.3 Å². The van der Waals surface area contributed by atoms with Crippen LogP contribution < -0.4 is 4.90 Å². The number of hydrogen-bond acceptors (Lipinski definition) is 3. The first kappa shape index (κ1) is 21.8. The summed E-state index contributed by atoms with van der Waals surface area (Å²) in [5.74, 6) is -0.697. The molecule has 1 heterocycles. The minimum atomic E-state index is -0.553. The standard InChI is InChI=1S/C28H29NO3/c1-18-10-12-20(13-11-18)25-16-22(29-17-21-8-6-7-9-24(21)26(29)30)14-15-23(25)19(2)27(31)32-28(3,4)5/h6-16,19H,17H2,1-5H3. The summed E-state index contributed by atoms with van der Waals surface area (Å²) in [4.78, 5) is 27.7. The third kappa shape index (κ3) is 4.31. The van der Waals surface area contributed by atoms with Crippen LogP contribution in [0.25, 0.3) is 11.1 Å². The van der Waals surface area contributed by atoms with Gasteiger partial charge in [-0.15, -0.1) is 0 Å². The van der Waals surface area contributed by atoms with Crippen LogP contribution in [-0.4, -0.2) is 17.5 Å². The number of esters is 1. The molecule has 3 aromatic rings. The molecule has 4 rings (SSSR count). The van der Waals surface area contributed by atoms with Crippen molar-refractivity contribution in [1.82, 2.24) is 0 Å². The predicted molar refractivity (Wildman–Crippen MR) is 128 cm³/mol. The van der Waals surface area contributed by atoms with E-state index in [2.05, 4.69) is 24.3 Å². The van der Waals surface area contributed by atoms with Crippen LogP contribution in [0.1, 0.15) is 60.7 Å². The number of ether oxygens (including phenoxy) is 1. The molecule has 0 bridgehead atoms. The van der Waals surface area contributed by atoms with Crippen LogP contribution in [0.3, 0.4) is 0 Å². The van der Waals surface area contributed by atoms with Gasteiger partial charge in [-0.25, -0.2) is 0 Å². The molecule has 0 saturated carbocycles. The van der Waals surface area contributed by atoms with Gasteiger partial charge in [-0.3, -0.25) is 9.59 Å². The maximum absolute atomic E-state index is 13.0. The fraction of sp³-hybridized carbons (Fsp3) is 0.286. The summed E-state index contributed by atoms with van der Waals surface area (Å²) in [6.45, 7) is 10.1. The smallest absolute Gasteiger partial charge is 0.313 e. The molecule has 4 nitrogen and oxygen atoms in total. The summed E-state index contributed by atoms with van der Waals surface area (Å²) in [6.07, 6.45) is 0. The van der Waals surface area contributed by atoms with E-state index in [1.54, 1.807) is 4.90 Å². The summed E-state index contributed by atoms with van der Waals surface area (Å²) in [7, 11) is 0. The van der Waals surface area contributed by atoms with Gasteiger partial charge in [-0.05, 0) is 75.1 Å². The molecule has 1 unspecified atom stereocenters. The van der Waals surface area contributed by atoms with Gasteiger partial charge in [0.2, 0.25) is 0 Å². The van der Waals surface area contributed by atoms with Crippen molar-refractivity contribution in [3.05, 3.63) is 89.0 Å². The Hall–Kier alpha value is -3.40. The first-order valence-electron chi connectivity index (χ1n) is 11.0. The molecular formula is C28H29NO3. The van der Waals surface area contributed by atoms with E-state index >= 15 is 0 Å². The second-order valence-corrected chi connectivity index (χ2v) is 9.44. The molecule has 0 aromatic heterocycles. The fourth-order valence-electron chi connectivity index (χ4n) is 4.05. The molecule has 0 aliphatic carbocycles. The van der Waals surface area contributed by atoms with Crippen molar-refractivity contribution in [3.63, 3.8) is 0 Å². The summed E-state index contributed by atoms with van der Waals surface area (Å²) >= 11 is 0. The Morgan fingerprint density at radius 2 is 1.66 bits per heavy atom. The first-order chi connectivity index (χ1) is 15.1. The topological polar surface area (TPSA) is 46.6 Å². The molecule has 0 spiro atoms. The van der Waals surface area contributed by atoms with Crippen molar-refractivity contribution in [3.8, 4) is 11.1 Å². The molecule has 1 amide bonds. The van der Waals surface area contributed by atoms with Crippen LogP contribution in [0, 0.1) is 6.92 Å². The largest absolute Gasteiger partial charge is 0.460 e. The average Bonchev–Trinajstić information content (AvgIpc) is 3.09. The van der Waals surface area contributed by atoms with E-state index in [1.807, 2.05) is 77.1 Å². The zero-order chi connectivity index (χ0) is 23.0. The van der Waals surface area contributed by atoms with E-state index in [9.17, 15) is 9.59 Å². The van der Waals surface area contributed by atoms with Crippen LogP contribution in [0.2, 0.25) is 0 Å². The third-order valence-corrected chi connectivity index (χ3v) is 5.76. The number of aryl methyl sites for hydroxylation is 1. The van der Waals surface area contributed by atoms with Crippen LogP contribution >= 0.6 is 0 Å². The number of fused-ring (bicyclic) bond motifs is 1. The number of anilines is 1. The Morgan fingerprint density at radius 1 is 0.969 bits per heavy atom. The zero-order valence-electron chi connectivity index (χ0n) is 19.3. The molecule has 0 N–H and O–H groups in total. The predicted octanol–water partition coefficient (Wildman–Crippen LogP) is 6.27. The van der Waals surface area contributed by atoms with Crippen LogP contribution in [0.15, 0.2) is 66.7 Å². The number of carbonyl (C=O) groups excluding carboxylic acids is 2. The highest BCUT2D eigenvalue weighted by molar-refractivity contribution is 6.10. The second-order valence-electron chi connectivity index (χ2n) is 9.44. The van der Waals surface area contributed by atoms with Crippen molar-refractivity contribution in [2.24, 2.45) is 0 Å². The molecule has 32 heavy (non-hydrogen) atoms. The molecule has 0 radical (unpaired) electrons. The van der Waals surface area contributed by atoms with Crippen molar-refractivity contribution in [1.29, 1.82) is 0 Å². The molecule has 0 fully saturated rings.